The largest absolute Gasteiger partial charge is 0.423 e. The summed E-state index contributed by atoms with van der Waals surface area (Å²) in [6.45, 7) is 9.20. The normalized spacial score (nSPS) is 12.9. The van der Waals surface area contributed by atoms with Gasteiger partial charge in [0.2, 0.25) is 0 Å². The van der Waals surface area contributed by atoms with Gasteiger partial charge in [0, 0.05) is 12.3 Å². The van der Waals surface area contributed by atoms with Crippen molar-refractivity contribution in [2.24, 2.45) is 0 Å². The zero-order chi connectivity index (χ0) is 12.6. The van der Waals surface area contributed by atoms with Gasteiger partial charge in [-0.1, -0.05) is 0 Å². The molecular weight excluding hydrogens is 276 g/mol. The molecule has 0 N–H and O–H groups in total. The predicted molar refractivity (Wildman–Crippen MR) is 78.5 cm³/mol. The molecule has 0 amide bonds. The van der Waals surface area contributed by atoms with Gasteiger partial charge in [-0.3, -0.25) is 0 Å². The highest BCUT2D eigenvalue weighted by molar-refractivity contribution is 6.49. The van der Waals surface area contributed by atoms with Gasteiger partial charge in [-0.25, -0.2) is 0 Å². The lowest BCUT2D eigenvalue weighted by molar-refractivity contribution is -0.148. The van der Waals surface area contributed by atoms with Gasteiger partial charge in [0.05, 0.1) is 6.61 Å². The summed E-state index contributed by atoms with van der Waals surface area (Å²) in [5.41, 5.74) is 0. The highest BCUT2D eigenvalue weighted by Gasteiger charge is 2.33. The lowest BCUT2D eigenvalue weighted by atomic mass is 10.2. The third kappa shape index (κ3) is 7.21. The maximum atomic E-state index is 6.08. The molecule has 16 heavy (non-hydrogen) atoms. The number of halogens is 1. The Morgan fingerprint density at radius 3 is 1.94 bits per heavy atom. The topological polar surface area (TPSA) is 27.7 Å². The summed E-state index contributed by atoms with van der Waals surface area (Å²) in [7, 11) is -1.56. The molecule has 3 nitrogen and oxygen atoms in total. The maximum absolute atomic E-state index is 6.08. The number of rotatable bonds is 9. The molecule has 0 aliphatic rings. The summed E-state index contributed by atoms with van der Waals surface area (Å²) in [5, 5.41) is 0. The zero-order valence-electron chi connectivity index (χ0n) is 11.1. The van der Waals surface area contributed by atoms with Crippen LogP contribution in [0, 0.1) is 0 Å². The molecule has 0 aromatic carbocycles. The Kier molecular flexibility index (Phi) is 9.30. The molecule has 0 atom stereocenters. The molecule has 0 saturated carbocycles. The molecule has 0 heterocycles. The van der Waals surface area contributed by atoms with E-state index in [9.17, 15) is 0 Å². The van der Waals surface area contributed by atoms with Crippen molar-refractivity contribution in [3.8, 4) is 0 Å². The predicted octanol–water partition coefficient (Wildman–Crippen LogP) is 0.999. The Balaban J connectivity index is 4.58. The molecule has 0 aliphatic carbocycles. The van der Waals surface area contributed by atoms with Crippen LogP contribution in [0.5, 0.6) is 0 Å². The van der Waals surface area contributed by atoms with Gasteiger partial charge in [-0.2, -0.15) is 0 Å². The van der Waals surface area contributed by atoms with Crippen LogP contribution in [0.1, 0.15) is 12.8 Å². The first-order valence-electron chi connectivity index (χ1n) is 5.86. The Bertz CT molecular complexity index is 171. The second kappa shape index (κ2) is 8.85. The minimum Gasteiger partial charge on any atom is -0.423 e. The van der Waals surface area contributed by atoms with Gasteiger partial charge in [0.25, 0.3) is 0 Å². The summed E-state index contributed by atoms with van der Waals surface area (Å²) < 4.78 is 17.6. The monoisotopic (exact) mass is 300 g/mol. The molecule has 0 radical (unpaired) electrons. The second-order valence-corrected chi connectivity index (χ2v) is 10.1. The van der Waals surface area contributed by atoms with Crippen molar-refractivity contribution in [1.29, 1.82) is 0 Å². The summed E-state index contributed by atoms with van der Waals surface area (Å²) in [6, 6.07) is 0. The van der Waals surface area contributed by atoms with Crippen LogP contribution in [0.4, 0.5) is 0 Å². The molecule has 0 aromatic rings. The molecule has 0 aromatic heterocycles. The van der Waals surface area contributed by atoms with E-state index in [0.29, 0.717) is 12.5 Å². The Morgan fingerprint density at radius 2 is 1.62 bits per heavy atom. The van der Waals surface area contributed by atoms with Gasteiger partial charge in [0.1, 0.15) is 10.5 Å². The molecule has 0 aliphatic heterocycles. The van der Waals surface area contributed by atoms with Crippen LogP contribution >= 0.6 is 11.6 Å². The second-order valence-electron chi connectivity index (χ2n) is 4.47. The fraction of sp³-hybridized carbons (Fsp3) is 1.00. The van der Waals surface area contributed by atoms with E-state index in [1.54, 1.807) is 0 Å². The van der Waals surface area contributed by atoms with E-state index in [-0.39, 0.29) is 0 Å². The third-order valence-electron chi connectivity index (χ3n) is 1.96. The molecule has 0 saturated heterocycles. The lowest BCUT2D eigenvalue weighted by Crippen LogP contribution is -2.46. The molecule has 98 valence electrons. The van der Waals surface area contributed by atoms with Crippen molar-refractivity contribution in [3.05, 3.63) is 0 Å². The van der Waals surface area contributed by atoms with E-state index >= 15 is 0 Å². The van der Waals surface area contributed by atoms with Crippen LogP contribution < -0.4 is 0 Å². The van der Waals surface area contributed by atoms with Crippen LogP contribution in [0.3, 0.4) is 0 Å². The smallest absolute Gasteiger partial charge is 0.174 e. The molecule has 0 unspecified atom stereocenters. The van der Waals surface area contributed by atoms with E-state index in [1.807, 2.05) is 0 Å². The van der Waals surface area contributed by atoms with Gasteiger partial charge in [0.15, 0.2) is 23.9 Å². The molecule has 0 bridgehead atoms. The van der Waals surface area contributed by atoms with Crippen molar-refractivity contribution in [2.45, 2.75) is 44.8 Å². The summed E-state index contributed by atoms with van der Waals surface area (Å²) in [4.78, 5) is 0. The van der Waals surface area contributed by atoms with E-state index in [0.717, 1.165) is 23.3 Å². The summed E-state index contributed by atoms with van der Waals surface area (Å²) in [6.07, 6.45) is 1.75. The standard InChI is InChI=1S/C9H25ClO3Si3/c1-15(2)12-9(8-11-14,6-5-7-10)13-16(3)4/h15-16H,5-8H2,1-4,14H3. The Hall–Kier alpha value is 0.821. The van der Waals surface area contributed by atoms with E-state index in [2.05, 4.69) is 26.2 Å². The lowest BCUT2D eigenvalue weighted by Gasteiger charge is -2.37. The minimum atomic E-state index is -1.14. The van der Waals surface area contributed by atoms with Crippen molar-refractivity contribution in [1.82, 2.24) is 0 Å². The quantitative estimate of drug-likeness (QED) is 0.361. The van der Waals surface area contributed by atoms with Crippen LogP contribution in [-0.4, -0.2) is 46.8 Å². The minimum absolute atomic E-state index is 0.503. The van der Waals surface area contributed by atoms with Crippen LogP contribution in [0.15, 0.2) is 0 Å². The van der Waals surface area contributed by atoms with Crippen LogP contribution in [-0.2, 0) is 13.3 Å². The fourth-order valence-corrected chi connectivity index (χ4v) is 4.59. The number of hydrogen-bond acceptors (Lipinski definition) is 3. The Labute approximate surface area is 111 Å². The van der Waals surface area contributed by atoms with Crippen molar-refractivity contribution in [2.75, 3.05) is 12.5 Å². The van der Waals surface area contributed by atoms with Crippen molar-refractivity contribution < 1.29 is 13.3 Å². The molecule has 0 spiro atoms. The summed E-state index contributed by atoms with van der Waals surface area (Å²) >= 11 is 5.76. The first-order chi connectivity index (χ1) is 7.45. The zero-order valence-corrected chi connectivity index (χ0v) is 16.2. The summed E-state index contributed by atoms with van der Waals surface area (Å²) in [5.74, 6) is 0.145. The average molecular weight is 301 g/mol. The first-order valence-corrected chi connectivity index (χ1v) is 12.8. The number of alkyl halides is 1. The average Bonchev–Trinajstić information content (AvgIpc) is 2.13. The van der Waals surface area contributed by atoms with Gasteiger partial charge >= 0.3 is 0 Å². The number of hydrogen-bond donors (Lipinski definition) is 0. The highest BCUT2D eigenvalue weighted by Crippen LogP contribution is 2.23. The molecule has 0 fully saturated rings. The molecule has 0 rings (SSSR count). The Morgan fingerprint density at radius 1 is 1.12 bits per heavy atom. The van der Waals surface area contributed by atoms with Gasteiger partial charge in [-0.15, -0.1) is 11.6 Å². The van der Waals surface area contributed by atoms with E-state index in [1.165, 1.54) is 0 Å². The van der Waals surface area contributed by atoms with Crippen molar-refractivity contribution >= 4 is 40.2 Å². The van der Waals surface area contributed by atoms with Gasteiger partial charge < -0.3 is 13.3 Å². The van der Waals surface area contributed by atoms with Gasteiger partial charge in [-0.05, 0) is 32.6 Å². The molecular formula is C9H25ClO3Si3. The van der Waals surface area contributed by atoms with Crippen molar-refractivity contribution in [3.63, 3.8) is 0 Å². The highest BCUT2D eigenvalue weighted by atomic mass is 35.5. The third-order valence-corrected chi connectivity index (χ3v) is 4.31. The maximum Gasteiger partial charge on any atom is 0.174 e. The van der Waals surface area contributed by atoms with Crippen LogP contribution in [0.2, 0.25) is 26.2 Å². The van der Waals surface area contributed by atoms with E-state index < -0.39 is 23.9 Å². The van der Waals surface area contributed by atoms with E-state index in [4.69, 9.17) is 24.9 Å². The van der Waals surface area contributed by atoms with Crippen LogP contribution in [0.25, 0.3) is 0 Å². The first kappa shape index (κ1) is 16.8. The SMILES string of the molecule is C[SiH](C)OC(CCCCl)(CO[SiH3])O[SiH](C)C. The fourth-order valence-electron chi connectivity index (χ4n) is 1.70. The molecule has 7 heteroatoms.